The smallest absolute Gasteiger partial charge is 0.356 e. The molecule has 1 aromatic carbocycles. The van der Waals surface area contributed by atoms with E-state index in [4.69, 9.17) is 0 Å². The van der Waals surface area contributed by atoms with E-state index in [1.165, 1.54) is 15.5 Å². The number of nitrogens with zero attached hydrogens (tertiary/aromatic N) is 3. The number of alkyl halides is 3. The first-order valence-corrected chi connectivity index (χ1v) is 11.7. The monoisotopic (exact) mass is 546 g/mol. The van der Waals surface area contributed by atoms with Crippen LogP contribution in [0.3, 0.4) is 0 Å². The Bertz CT molecular complexity index is 1010. The zero-order valence-electron chi connectivity index (χ0n) is 16.4. The number of hydrogen-bond acceptors (Lipinski definition) is 5. The zero-order valence-corrected chi connectivity index (χ0v) is 19.4. The molecule has 2 atom stereocenters. The highest BCUT2D eigenvalue weighted by Crippen LogP contribution is 2.35. The molecule has 4 rings (SSSR count). The molecule has 1 saturated carbocycles. The van der Waals surface area contributed by atoms with Crippen molar-refractivity contribution in [1.29, 1.82) is 0 Å². The summed E-state index contributed by atoms with van der Waals surface area (Å²) in [4.78, 5) is 11.6. The van der Waals surface area contributed by atoms with E-state index in [0.29, 0.717) is 28.1 Å². The first kappa shape index (κ1) is 21.8. The van der Waals surface area contributed by atoms with Crippen LogP contribution in [0, 0.1) is 3.57 Å². The minimum absolute atomic E-state index is 0.274. The van der Waals surface area contributed by atoms with Gasteiger partial charge in [-0.05, 0) is 65.6 Å². The van der Waals surface area contributed by atoms with E-state index in [-0.39, 0.29) is 4.88 Å². The van der Waals surface area contributed by atoms with Crippen molar-refractivity contribution in [3.05, 3.63) is 50.7 Å². The van der Waals surface area contributed by atoms with Crippen molar-refractivity contribution < 1.29 is 13.2 Å². The maximum absolute atomic E-state index is 12.8. The molecule has 30 heavy (non-hydrogen) atoms. The Morgan fingerprint density at radius 1 is 1.20 bits per heavy atom. The Morgan fingerprint density at radius 2 is 1.97 bits per heavy atom. The lowest BCUT2D eigenvalue weighted by Crippen LogP contribution is -2.33. The van der Waals surface area contributed by atoms with Crippen LogP contribution in [0.4, 0.5) is 19.0 Å². The number of rotatable bonds is 6. The van der Waals surface area contributed by atoms with Gasteiger partial charge in [-0.25, -0.2) is 9.97 Å². The molecule has 1 aliphatic rings. The molecule has 2 heterocycles. The summed E-state index contributed by atoms with van der Waals surface area (Å²) in [6.45, 7) is 0.834. The van der Waals surface area contributed by atoms with Crippen LogP contribution < -0.4 is 10.2 Å². The number of nitrogens with one attached hydrogen (secondary N) is 1. The van der Waals surface area contributed by atoms with Gasteiger partial charge in [-0.2, -0.15) is 13.2 Å². The Morgan fingerprint density at radius 3 is 2.70 bits per heavy atom. The highest BCUT2D eigenvalue weighted by atomic mass is 127. The third-order valence-electron chi connectivity index (χ3n) is 5.53. The second kappa shape index (κ2) is 8.96. The van der Waals surface area contributed by atoms with Gasteiger partial charge < -0.3 is 10.2 Å². The van der Waals surface area contributed by atoms with Gasteiger partial charge in [0.1, 0.15) is 17.0 Å². The van der Waals surface area contributed by atoms with Crippen LogP contribution in [-0.4, -0.2) is 35.3 Å². The van der Waals surface area contributed by atoms with Gasteiger partial charge in [0.2, 0.25) is 0 Å². The van der Waals surface area contributed by atoms with Crippen LogP contribution >= 0.6 is 33.9 Å². The number of thiophene rings is 1. The summed E-state index contributed by atoms with van der Waals surface area (Å²) in [7, 11) is 1.98. The molecule has 0 aliphatic heterocycles. The Labute approximate surface area is 191 Å². The molecule has 0 bridgehead atoms. The fraction of sp³-hybridized carbons (Fsp3) is 0.429. The highest BCUT2D eigenvalue weighted by Gasteiger charge is 2.31. The number of hydrogen-bond donors (Lipinski definition) is 1. The summed E-state index contributed by atoms with van der Waals surface area (Å²) in [6, 6.07) is 10.8. The summed E-state index contributed by atoms with van der Waals surface area (Å²) in [5, 5.41) is 4.34. The molecule has 9 heteroatoms. The molecular weight excluding hydrogens is 524 g/mol. The lowest BCUT2D eigenvalue weighted by atomic mass is 10.1. The summed E-state index contributed by atoms with van der Waals surface area (Å²) >= 11 is 3.40. The summed E-state index contributed by atoms with van der Waals surface area (Å²) in [5.74, 6) is 0.716. The molecule has 0 saturated heterocycles. The van der Waals surface area contributed by atoms with Crippen LogP contribution in [0.25, 0.3) is 10.2 Å². The van der Waals surface area contributed by atoms with Gasteiger partial charge in [-0.15, -0.1) is 11.3 Å². The minimum Gasteiger partial charge on any atom is -0.356 e. The summed E-state index contributed by atoms with van der Waals surface area (Å²) < 4.78 is 39.6. The summed E-state index contributed by atoms with van der Waals surface area (Å²) in [6.07, 6.45) is -0.634. The molecule has 0 amide bonds. The molecule has 160 valence electrons. The van der Waals surface area contributed by atoms with Crippen molar-refractivity contribution in [1.82, 2.24) is 15.3 Å². The highest BCUT2D eigenvalue weighted by molar-refractivity contribution is 14.1. The summed E-state index contributed by atoms with van der Waals surface area (Å²) in [5.41, 5.74) is 1.26. The average Bonchev–Trinajstić information content (AvgIpc) is 3.31. The van der Waals surface area contributed by atoms with Crippen molar-refractivity contribution in [2.45, 2.75) is 50.5 Å². The van der Waals surface area contributed by atoms with Crippen LogP contribution in [-0.2, 0) is 13.0 Å². The largest absolute Gasteiger partial charge is 0.393 e. The Kier molecular flexibility index (Phi) is 6.50. The van der Waals surface area contributed by atoms with Crippen molar-refractivity contribution in [2.75, 3.05) is 11.9 Å². The van der Waals surface area contributed by atoms with E-state index in [0.717, 1.165) is 37.1 Å². The number of anilines is 1. The maximum atomic E-state index is 12.8. The molecule has 3 aromatic rings. The standard InChI is InChI=1S/C21H22F3IN4S/c1-29(16-7-6-15(8-16)26-11-13-2-4-14(25)5-3-13)19-18-9-17(10-21(22,23)24)30-20(18)28-12-27-19/h2-5,9,12,15-16,26H,6-8,10-11H2,1H3. The molecule has 1 aliphatic carbocycles. The van der Waals surface area contributed by atoms with Gasteiger partial charge in [-0.3, -0.25) is 0 Å². The first-order valence-electron chi connectivity index (χ1n) is 9.79. The fourth-order valence-electron chi connectivity index (χ4n) is 3.99. The lowest BCUT2D eigenvalue weighted by molar-refractivity contribution is -0.126. The van der Waals surface area contributed by atoms with E-state index < -0.39 is 12.6 Å². The molecule has 2 unspecified atom stereocenters. The molecule has 0 spiro atoms. The van der Waals surface area contributed by atoms with Crippen molar-refractivity contribution in [2.24, 2.45) is 0 Å². The molecule has 0 radical (unpaired) electrons. The van der Waals surface area contributed by atoms with Crippen LogP contribution in [0.5, 0.6) is 0 Å². The molecule has 1 N–H and O–H groups in total. The van der Waals surface area contributed by atoms with Gasteiger partial charge in [0, 0.05) is 34.1 Å². The van der Waals surface area contributed by atoms with Gasteiger partial charge in [0.05, 0.1) is 11.8 Å². The van der Waals surface area contributed by atoms with E-state index in [2.05, 4.69) is 67.0 Å². The van der Waals surface area contributed by atoms with E-state index in [1.807, 2.05) is 7.05 Å². The number of aromatic nitrogens is 2. The normalized spacial score (nSPS) is 19.5. The van der Waals surface area contributed by atoms with Gasteiger partial charge in [0.25, 0.3) is 0 Å². The quantitative estimate of drug-likeness (QED) is 0.412. The maximum Gasteiger partial charge on any atom is 0.393 e. The van der Waals surface area contributed by atoms with Crippen LogP contribution in [0.15, 0.2) is 36.7 Å². The van der Waals surface area contributed by atoms with E-state index >= 15 is 0 Å². The minimum atomic E-state index is -4.22. The van der Waals surface area contributed by atoms with Crippen LogP contribution in [0.1, 0.15) is 29.7 Å². The predicted molar refractivity (Wildman–Crippen MR) is 123 cm³/mol. The number of fused-ring (bicyclic) bond motifs is 1. The first-order chi connectivity index (χ1) is 14.3. The average molecular weight is 546 g/mol. The molecule has 1 fully saturated rings. The number of halogens is 4. The molecule has 4 nitrogen and oxygen atoms in total. The molecule has 2 aromatic heterocycles. The second-order valence-corrected chi connectivity index (χ2v) is 10.1. The van der Waals surface area contributed by atoms with E-state index in [1.54, 1.807) is 6.07 Å². The Balaban J connectivity index is 1.42. The predicted octanol–water partition coefficient (Wildman–Crippen LogP) is 5.55. The van der Waals surface area contributed by atoms with Crippen molar-refractivity contribution >= 4 is 50.0 Å². The molecular formula is C21H22F3IN4S. The van der Waals surface area contributed by atoms with Gasteiger partial charge in [-0.1, -0.05) is 12.1 Å². The lowest BCUT2D eigenvalue weighted by Gasteiger charge is -2.26. The Hall–Kier alpha value is -1.46. The van der Waals surface area contributed by atoms with Crippen molar-refractivity contribution in [3.8, 4) is 0 Å². The number of benzene rings is 1. The van der Waals surface area contributed by atoms with Crippen molar-refractivity contribution in [3.63, 3.8) is 0 Å². The third-order valence-corrected chi connectivity index (χ3v) is 7.29. The third kappa shape index (κ3) is 5.23. The van der Waals surface area contributed by atoms with Gasteiger partial charge >= 0.3 is 6.18 Å². The fourth-order valence-corrected chi connectivity index (χ4v) is 5.37. The topological polar surface area (TPSA) is 41.1 Å². The van der Waals surface area contributed by atoms with Gasteiger partial charge in [0.15, 0.2) is 0 Å². The zero-order chi connectivity index (χ0) is 21.3. The van der Waals surface area contributed by atoms with Crippen LogP contribution in [0.2, 0.25) is 0 Å². The second-order valence-electron chi connectivity index (χ2n) is 7.70. The SMILES string of the molecule is CN(c1ncnc2sc(CC(F)(F)F)cc12)C1CCC(NCc2ccc(I)cc2)C1. The van der Waals surface area contributed by atoms with E-state index in [9.17, 15) is 13.2 Å².